The van der Waals surface area contributed by atoms with Crippen molar-refractivity contribution in [2.24, 2.45) is 0 Å². The molecule has 4 nitrogen and oxygen atoms in total. The van der Waals surface area contributed by atoms with Gasteiger partial charge in [-0.25, -0.2) is 4.98 Å². The maximum Gasteiger partial charge on any atom is 0.303 e. The Balaban J connectivity index is 2.12. The van der Waals surface area contributed by atoms with Crippen molar-refractivity contribution in [3.05, 3.63) is 41.2 Å². The zero-order valence-corrected chi connectivity index (χ0v) is 9.65. The molecule has 0 unspecified atom stereocenters. The third-order valence-corrected chi connectivity index (χ3v) is 2.48. The number of aromatic nitrogens is 1. The first-order valence-corrected chi connectivity index (χ1v) is 5.45. The zero-order chi connectivity index (χ0) is 12.3. The van der Waals surface area contributed by atoms with Crippen molar-refractivity contribution in [1.82, 2.24) is 4.98 Å². The van der Waals surface area contributed by atoms with Crippen molar-refractivity contribution in [2.75, 3.05) is 0 Å². The Morgan fingerprint density at radius 2 is 2.06 bits per heavy atom. The van der Waals surface area contributed by atoms with E-state index in [1.165, 1.54) is 0 Å². The number of carbonyl (C=O) groups is 1. The van der Waals surface area contributed by atoms with Gasteiger partial charge in [-0.2, -0.15) is 0 Å². The van der Waals surface area contributed by atoms with Crippen LogP contribution in [0.5, 0.6) is 0 Å². The SMILES string of the molecule is O=C(O)CCc1cnc(-c2ccc(Cl)cc2)o1. The molecule has 0 saturated carbocycles. The molecular weight excluding hydrogens is 242 g/mol. The van der Waals surface area contributed by atoms with Crippen LogP contribution in [0.4, 0.5) is 0 Å². The van der Waals surface area contributed by atoms with E-state index >= 15 is 0 Å². The standard InChI is InChI=1S/C12H10ClNO3/c13-9-3-1-8(2-4-9)12-14-7-10(17-12)5-6-11(15)16/h1-4,7H,5-6H2,(H,15,16). The van der Waals surface area contributed by atoms with Crippen LogP contribution in [0, 0.1) is 0 Å². The molecule has 0 aliphatic heterocycles. The summed E-state index contributed by atoms with van der Waals surface area (Å²) in [5.74, 6) is 0.189. The predicted molar refractivity (Wildman–Crippen MR) is 62.9 cm³/mol. The summed E-state index contributed by atoms with van der Waals surface area (Å²) in [6.45, 7) is 0. The summed E-state index contributed by atoms with van der Waals surface area (Å²) < 4.78 is 5.44. The topological polar surface area (TPSA) is 63.3 Å². The van der Waals surface area contributed by atoms with Gasteiger partial charge in [-0.05, 0) is 24.3 Å². The van der Waals surface area contributed by atoms with E-state index in [4.69, 9.17) is 21.1 Å². The fraction of sp³-hybridized carbons (Fsp3) is 0.167. The average molecular weight is 252 g/mol. The van der Waals surface area contributed by atoms with Gasteiger partial charge in [0.25, 0.3) is 0 Å². The molecule has 2 rings (SSSR count). The minimum absolute atomic E-state index is 0.0370. The Hall–Kier alpha value is -1.81. The number of nitrogens with zero attached hydrogens (tertiary/aromatic N) is 1. The van der Waals surface area contributed by atoms with Gasteiger partial charge in [-0.1, -0.05) is 11.6 Å². The van der Waals surface area contributed by atoms with E-state index in [0.717, 1.165) is 5.56 Å². The molecule has 0 aliphatic carbocycles. The normalized spacial score (nSPS) is 10.4. The lowest BCUT2D eigenvalue weighted by Gasteiger charge is -1.95. The highest BCUT2D eigenvalue weighted by molar-refractivity contribution is 6.30. The van der Waals surface area contributed by atoms with Gasteiger partial charge in [-0.3, -0.25) is 4.79 Å². The summed E-state index contributed by atoms with van der Waals surface area (Å²) in [6.07, 6.45) is 1.93. The number of aryl methyl sites for hydroxylation is 1. The van der Waals surface area contributed by atoms with Gasteiger partial charge >= 0.3 is 5.97 Å². The largest absolute Gasteiger partial charge is 0.481 e. The van der Waals surface area contributed by atoms with Crippen LogP contribution < -0.4 is 0 Å². The van der Waals surface area contributed by atoms with Crippen LogP contribution in [-0.2, 0) is 11.2 Å². The van der Waals surface area contributed by atoms with Crippen LogP contribution >= 0.6 is 11.6 Å². The Morgan fingerprint density at radius 1 is 1.35 bits per heavy atom. The lowest BCUT2D eigenvalue weighted by atomic mass is 10.2. The number of benzene rings is 1. The van der Waals surface area contributed by atoms with Crippen molar-refractivity contribution < 1.29 is 14.3 Å². The molecule has 17 heavy (non-hydrogen) atoms. The Bertz CT molecular complexity index is 519. The molecule has 0 amide bonds. The Kier molecular flexibility index (Phi) is 3.44. The molecule has 0 bridgehead atoms. The fourth-order valence-corrected chi connectivity index (χ4v) is 1.51. The highest BCUT2D eigenvalue weighted by Crippen LogP contribution is 2.21. The van der Waals surface area contributed by atoms with Crippen molar-refractivity contribution in [2.45, 2.75) is 12.8 Å². The second-order valence-corrected chi connectivity index (χ2v) is 3.97. The summed E-state index contributed by atoms with van der Waals surface area (Å²) in [5.41, 5.74) is 0.816. The number of oxazole rings is 1. The smallest absolute Gasteiger partial charge is 0.303 e. The van der Waals surface area contributed by atoms with Gasteiger partial charge in [0.05, 0.1) is 12.6 Å². The molecule has 1 N–H and O–H groups in total. The second-order valence-electron chi connectivity index (χ2n) is 3.53. The van der Waals surface area contributed by atoms with Crippen molar-refractivity contribution in [1.29, 1.82) is 0 Å². The second kappa shape index (κ2) is 5.01. The maximum atomic E-state index is 10.4. The van der Waals surface area contributed by atoms with Gasteiger partial charge in [-0.15, -0.1) is 0 Å². The van der Waals surface area contributed by atoms with Crippen LogP contribution in [-0.4, -0.2) is 16.1 Å². The molecule has 88 valence electrons. The minimum Gasteiger partial charge on any atom is -0.481 e. The van der Waals surface area contributed by atoms with Crippen molar-refractivity contribution >= 4 is 17.6 Å². The van der Waals surface area contributed by atoms with E-state index in [-0.39, 0.29) is 6.42 Å². The number of hydrogen-bond acceptors (Lipinski definition) is 3. The van der Waals surface area contributed by atoms with Crippen molar-refractivity contribution in [3.8, 4) is 11.5 Å². The molecule has 0 fully saturated rings. The van der Waals surface area contributed by atoms with Crippen LogP contribution in [0.2, 0.25) is 5.02 Å². The molecule has 1 aromatic carbocycles. The van der Waals surface area contributed by atoms with Gasteiger partial charge in [0, 0.05) is 17.0 Å². The number of hydrogen-bond donors (Lipinski definition) is 1. The van der Waals surface area contributed by atoms with Gasteiger partial charge in [0.1, 0.15) is 5.76 Å². The maximum absolute atomic E-state index is 10.4. The molecule has 0 spiro atoms. The lowest BCUT2D eigenvalue weighted by molar-refractivity contribution is -0.137. The number of halogens is 1. The summed E-state index contributed by atoms with van der Waals surface area (Å²) in [5, 5.41) is 9.20. The summed E-state index contributed by atoms with van der Waals surface area (Å²) in [6, 6.07) is 7.10. The lowest BCUT2D eigenvalue weighted by Crippen LogP contribution is -1.96. The molecule has 5 heteroatoms. The molecule has 0 aliphatic rings. The number of carboxylic acid groups (broad SMARTS) is 1. The van der Waals surface area contributed by atoms with Gasteiger partial charge in [0.15, 0.2) is 0 Å². The molecular formula is C12H10ClNO3. The summed E-state index contributed by atoms with van der Waals surface area (Å²) in [7, 11) is 0. The molecule has 1 heterocycles. The van der Waals surface area contributed by atoms with Crippen LogP contribution in [0.3, 0.4) is 0 Å². The van der Waals surface area contributed by atoms with E-state index in [0.29, 0.717) is 23.1 Å². The summed E-state index contributed by atoms with van der Waals surface area (Å²) >= 11 is 5.77. The van der Waals surface area contributed by atoms with Crippen molar-refractivity contribution in [3.63, 3.8) is 0 Å². The summed E-state index contributed by atoms with van der Waals surface area (Å²) in [4.78, 5) is 14.5. The Labute approximate surface area is 103 Å². The van der Waals surface area contributed by atoms with E-state index in [2.05, 4.69) is 4.98 Å². The predicted octanol–water partition coefficient (Wildman–Crippen LogP) is 3.01. The van der Waals surface area contributed by atoms with E-state index in [9.17, 15) is 4.79 Å². The molecule has 0 atom stereocenters. The number of carboxylic acids is 1. The monoisotopic (exact) mass is 251 g/mol. The molecule has 0 radical (unpaired) electrons. The third-order valence-electron chi connectivity index (χ3n) is 2.23. The first-order chi connectivity index (χ1) is 8.15. The average Bonchev–Trinajstić information content (AvgIpc) is 2.76. The third kappa shape index (κ3) is 3.07. The van der Waals surface area contributed by atoms with E-state index in [1.807, 2.05) is 0 Å². The highest BCUT2D eigenvalue weighted by atomic mass is 35.5. The quantitative estimate of drug-likeness (QED) is 0.907. The fourth-order valence-electron chi connectivity index (χ4n) is 1.38. The van der Waals surface area contributed by atoms with Crippen LogP contribution in [0.15, 0.2) is 34.9 Å². The van der Waals surface area contributed by atoms with E-state index in [1.54, 1.807) is 30.5 Å². The van der Waals surface area contributed by atoms with E-state index < -0.39 is 5.97 Å². The van der Waals surface area contributed by atoms with Gasteiger partial charge < -0.3 is 9.52 Å². The van der Waals surface area contributed by atoms with Gasteiger partial charge in [0.2, 0.25) is 5.89 Å². The first-order valence-electron chi connectivity index (χ1n) is 5.07. The molecule has 2 aromatic rings. The van der Waals surface area contributed by atoms with Crippen LogP contribution in [0.1, 0.15) is 12.2 Å². The number of rotatable bonds is 4. The minimum atomic E-state index is -0.852. The van der Waals surface area contributed by atoms with Crippen LogP contribution in [0.25, 0.3) is 11.5 Å². The highest BCUT2D eigenvalue weighted by Gasteiger charge is 2.07. The number of aliphatic carboxylic acids is 1. The zero-order valence-electron chi connectivity index (χ0n) is 8.89. The first kappa shape index (κ1) is 11.7. The molecule has 1 aromatic heterocycles. The Morgan fingerprint density at radius 3 is 2.71 bits per heavy atom. The molecule has 0 saturated heterocycles.